The molecule has 11 nitrogen and oxygen atoms in total. The van der Waals surface area contributed by atoms with Crippen LogP contribution in [0.15, 0.2) is 17.1 Å². The van der Waals surface area contributed by atoms with Crippen LogP contribution in [0, 0.1) is 4.77 Å². The summed E-state index contributed by atoms with van der Waals surface area (Å²) in [6, 6.07) is 1.76. The highest BCUT2D eigenvalue weighted by atomic mass is 32.1. The van der Waals surface area contributed by atoms with Gasteiger partial charge < -0.3 is 33.1 Å². The highest BCUT2D eigenvalue weighted by Gasteiger charge is 2.18. The van der Waals surface area contributed by atoms with Crippen LogP contribution < -0.4 is 5.56 Å². The molecule has 208 valence electrons. The van der Waals surface area contributed by atoms with Crippen molar-refractivity contribution in [1.82, 2.24) is 23.5 Å². The van der Waals surface area contributed by atoms with Gasteiger partial charge in [-0.3, -0.25) is 4.79 Å². The zero-order valence-corrected chi connectivity index (χ0v) is 23.7. The van der Waals surface area contributed by atoms with Crippen molar-refractivity contribution in [3.05, 3.63) is 27.4 Å². The average Bonchev–Trinajstić information content (AvgIpc) is 3.29. The molecule has 0 atom stereocenters. The second-order valence-corrected chi connectivity index (χ2v) is 9.60. The molecule has 0 N–H and O–H groups in total. The Morgan fingerprint density at radius 1 is 0.973 bits per heavy atom. The zero-order valence-electron chi connectivity index (χ0n) is 22.9. The predicted octanol–water partition coefficient (Wildman–Crippen LogP) is 4.41. The minimum Gasteiger partial charge on any atom is -0.428 e. The van der Waals surface area contributed by atoms with E-state index >= 15 is 0 Å². The molecule has 0 aromatic carbocycles. The molecule has 0 saturated heterocycles. The second-order valence-electron chi connectivity index (χ2n) is 9.24. The zero-order chi connectivity index (χ0) is 27.5. The molecule has 0 saturated carbocycles. The monoisotopic (exact) mass is 539 g/mol. The Hall–Kier alpha value is -2.86. The number of carbonyl (C=O) groups is 2. The van der Waals surface area contributed by atoms with Gasteiger partial charge in [0.15, 0.2) is 18.2 Å². The maximum Gasteiger partial charge on any atom is 0.411 e. The largest absolute Gasteiger partial charge is 0.428 e. The lowest BCUT2D eigenvalue weighted by Gasteiger charge is -2.19. The maximum atomic E-state index is 13.5. The number of amides is 2. The quantitative estimate of drug-likeness (QED) is 0.328. The second kappa shape index (κ2) is 14.8. The lowest BCUT2D eigenvalue weighted by molar-refractivity contribution is 0.0699. The Balaban J connectivity index is 2.37. The van der Waals surface area contributed by atoms with Crippen LogP contribution in [-0.2, 0) is 34.2 Å². The van der Waals surface area contributed by atoms with Crippen molar-refractivity contribution in [2.75, 3.05) is 33.8 Å². The van der Waals surface area contributed by atoms with Gasteiger partial charge in [-0.05, 0) is 45.0 Å². The summed E-state index contributed by atoms with van der Waals surface area (Å²) in [5.74, 6) is 0. The molecule has 0 spiro atoms. The van der Waals surface area contributed by atoms with Crippen LogP contribution in [-0.4, -0.2) is 75.6 Å². The molecule has 2 aromatic heterocycles. The van der Waals surface area contributed by atoms with Crippen LogP contribution >= 0.6 is 12.2 Å². The molecule has 0 fully saturated rings. The van der Waals surface area contributed by atoms with E-state index in [2.05, 4.69) is 0 Å². The van der Waals surface area contributed by atoms with E-state index in [1.54, 1.807) is 35.5 Å². The smallest absolute Gasteiger partial charge is 0.411 e. The van der Waals surface area contributed by atoms with Gasteiger partial charge in [-0.1, -0.05) is 26.7 Å². The SMILES string of the molecule is CCCCN(C)C(=O)OCn1c(=O)c2c(ccn2COC(=O)N(C)CCCC)n(CCOC(C)C)c1=S. The summed E-state index contributed by atoms with van der Waals surface area (Å²) in [7, 11) is 3.33. The van der Waals surface area contributed by atoms with E-state index in [1.807, 2.05) is 27.7 Å². The summed E-state index contributed by atoms with van der Waals surface area (Å²) in [6.45, 7) is 9.38. The number of aromatic nitrogens is 3. The Bertz CT molecular complexity index is 1150. The Kier molecular flexibility index (Phi) is 12.1. The van der Waals surface area contributed by atoms with Gasteiger partial charge in [0.2, 0.25) is 0 Å². The standard InChI is InChI=1S/C25H41N5O6S/c1-7-9-12-26(5)24(32)35-17-28-14-11-20-21(28)22(31)30(18-36-25(33)27(6)13-10-8-2)23(37)29(20)15-16-34-19(3)4/h11,14,19H,7-10,12-13,15-18H2,1-6H3. The first-order valence-electron chi connectivity index (χ1n) is 12.8. The van der Waals surface area contributed by atoms with Crippen LogP contribution in [0.4, 0.5) is 9.59 Å². The molecule has 2 rings (SSSR count). The summed E-state index contributed by atoms with van der Waals surface area (Å²) in [5, 5.41) is 0. The van der Waals surface area contributed by atoms with E-state index in [0.29, 0.717) is 31.8 Å². The van der Waals surface area contributed by atoms with Crippen LogP contribution in [0.25, 0.3) is 11.0 Å². The van der Waals surface area contributed by atoms with Crippen LogP contribution in [0.5, 0.6) is 0 Å². The van der Waals surface area contributed by atoms with Gasteiger partial charge in [0.25, 0.3) is 5.56 Å². The van der Waals surface area contributed by atoms with Gasteiger partial charge in [0, 0.05) is 39.9 Å². The molecule has 0 radical (unpaired) electrons. The van der Waals surface area contributed by atoms with Gasteiger partial charge in [-0.15, -0.1) is 0 Å². The molecule has 0 bridgehead atoms. The van der Waals surface area contributed by atoms with Crippen molar-refractivity contribution in [3.63, 3.8) is 0 Å². The lowest BCUT2D eigenvalue weighted by Crippen LogP contribution is -2.33. The third-order valence-electron chi connectivity index (χ3n) is 5.87. The molecule has 0 aliphatic rings. The third-order valence-corrected chi connectivity index (χ3v) is 6.31. The van der Waals surface area contributed by atoms with Gasteiger partial charge >= 0.3 is 12.2 Å². The van der Waals surface area contributed by atoms with Gasteiger partial charge in [-0.25, -0.2) is 14.2 Å². The molecular formula is C25H41N5O6S. The summed E-state index contributed by atoms with van der Waals surface area (Å²) in [4.78, 5) is 41.3. The fourth-order valence-corrected chi connectivity index (χ4v) is 3.96. The summed E-state index contributed by atoms with van der Waals surface area (Å²) >= 11 is 5.63. The minimum atomic E-state index is -0.538. The van der Waals surface area contributed by atoms with Crippen molar-refractivity contribution in [2.45, 2.75) is 79.5 Å². The number of rotatable bonds is 14. The molecule has 0 aliphatic carbocycles. The van der Waals surface area contributed by atoms with Gasteiger partial charge in [0.05, 0.1) is 18.2 Å². The summed E-state index contributed by atoms with van der Waals surface area (Å²) in [6.07, 6.45) is 4.32. The molecule has 0 aliphatic heterocycles. The maximum absolute atomic E-state index is 13.5. The molecule has 0 unspecified atom stereocenters. The van der Waals surface area contributed by atoms with Crippen molar-refractivity contribution in [3.8, 4) is 0 Å². The fraction of sp³-hybridized carbons (Fsp3) is 0.680. The summed E-state index contributed by atoms with van der Waals surface area (Å²) < 4.78 is 21.4. The van der Waals surface area contributed by atoms with Gasteiger partial charge in [-0.2, -0.15) is 0 Å². The minimum absolute atomic E-state index is 0.0314. The number of ether oxygens (including phenoxy) is 3. The molecule has 2 aromatic rings. The first-order valence-corrected chi connectivity index (χ1v) is 13.2. The highest BCUT2D eigenvalue weighted by Crippen LogP contribution is 2.15. The average molecular weight is 540 g/mol. The van der Waals surface area contributed by atoms with E-state index < -0.39 is 17.7 Å². The van der Waals surface area contributed by atoms with Crippen LogP contribution in [0.1, 0.15) is 53.4 Å². The van der Waals surface area contributed by atoms with Crippen LogP contribution in [0.3, 0.4) is 0 Å². The van der Waals surface area contributed by atoms with Crippen molar-refractivity contribution < 1.29 is 23.8 Å². The summed E-state index contributed by atoms with van der Waals surface area (Å²) in [5.41, 5.74) is 0.434. The van der Waals surface area contributed by atoms with Gasteiger partial charge in [0.1, 0.15) is 5.52 Å². The number of hydrogen-bond acceptors (Lipinski definition) is 7. The molecule has 2 amide bonds. The first-order chi connectivity index (χ1) is 17.6. The topological polar surface area (TPSA) is 100 Å². The molecule has 12 heteroatoms. The predicted molar refractivity (Wildman–Crippen MR) is 144 cm³/mol. The molecule has 2 heterocycles. The highest BCUT2D eigenvalue weighted by molar-refractivity contribution is 7.71. The van der Waals surface area contributed by atoms with E-state index in [4.69, 9.17) is 26.4 Å². The number of unbranched alkanes of at least 4 members (excludes halogenated alkanes) is 2. The lowest BCUT2D eigenvalue weighted by atomic mass is 10.3. The number of carbonyl (C=O) groups excluding carboxylic acids is 2. The molecule has 37 heavy (non-hydrogen) atoms. The third kappa shape index (κ3) is 8.32. The molecular weight excluding hydrogens is 498 g/mol. The Labute approximate surface area is 223 Å². The number of nitrogens with zero attached hydrogens (tertiary/aromatic N) is 5. The van der Waals surface area contributed by atoms with E-state index in [1.165, 1.54) is 14.4 Å². The first kappa shape index (κ1) is 30.4. The van der Waals surface area contributed by atoms with E-state index in [0.717, 1.165) is 25.7 Å². The van der Waals surface area contributed by atoms with Crippen molar-refractivity contribution >= 4 is 35.4 Å². The Morgan fingerprint density at radius 2 is 1.54 bits per heavy atom. The normalized spacial score (nSPS) is 11.2. The fourth-order valence-electron chi connectivity index (χ4n) is 3.63. The number of fused-ring (bicyclic) bond motifs is 1. The van der Waals surface area contributed by atoms with E-state index in [9.17, 15) is 14.4 Å². The van der Waals surface area contributed by atoms with Crippen LogP contribution in [0.2, 0.25) is 0 Å². The van der Waals surface area contributed by atoms with Crippen molar-refractivity contribution in [2.24, 2.45) is 0 Å². The van der Waals surface area contributed by atoms with E-state index in [-0.39, 0.29) is 29.9 Å². The Morgan fingerprint density at radius 3 is 2.08 bits per heavy atom. The number of hydrogen-bond donors (Lipinski definition) is 0. The van der Waals surface area contributed by atoms with Crippen molar-refractivity contribution in [1.29, 1.82) is 0 Å².